The lowest BCUT2D eigenvalue weighted by Crippen LogP contribution is -1.90. The largest absolute Gasteiger partial charge is 0.192 e. The van der Waals surface area contributed by atoms with Gasteiger partial charge in [0.1, 0.15) is 0 Å². The van der Waals surface area contributed by atoms with E-state index in [-0.39, 0.29) is 0 Å². The number of hydrogen-bond donors (Lipinski definition) is 0. The molecule has 0 fully saturated rings. The Balaban J connectivity index is -0.000000338. The quantitative estimate of drug-likeness (QED) is 0.554. The summed E-state index contributed by atoms with van der Waals surface area (Å²) in [5, 5.41) is 8.73. The normalized spacial score (nSPS) is 8.14. The highest BCUT2D eigenvalue weighted by atomic mass is 14.2. The Morgan fingerprint density at radius 3 is 1.73 bits per heavy atom. The second-order valence-electron chi connectivity index (χ2n) is 4.71. The van der Waals surface area contributed by atoms with Gasteiger partial charge in [-0.05, 0) is 43.0 Å². The first kappa shape index (κ1) is 25.7. The van der Waals surface area contributed by atoms with Gasteiger partial charge in [0.05, 0.1) is 11.6 Å². The Bertz CT molecular complexity index is 359. The van der Waals surface area contributed by atoms with E-state index in [2.05, 4.69) is 33.8 Å². The van der Waals surface area contributed by atoms with Crippen LogP contribution >= 0.6 is 0 Å². The maximum Gasteiger partial charge on any atom is 0.0991 e. The van der Waals surface area contributed by atoms with Crippen molar-refractivity contribution in [3.05, 3.63) is 34.9 Å². The molecule has 1 nitrogen and oxygen atoms in total. The van der Waals surface area contributed by atoms with Gasteiger partial charge in [-0.15, -0.1) is 0 Å². The molecule has 0 spiro atoms. The Kier molecular flexibility index (Phi) is 25.7. The molecule has 1 aromatic rings. The Morgan fingerprint density at radius 1 is 0.864 bits per heavy atom. The van der Waals surface area contributed by atoms with Crippen molar-refractivity contribution in [1.82, 2.24) is 0 Å². The molecule has 0 bridgehead atoms. The molecule has 0 radical (unpaired) electrons. The van der Waals surface area contributed by atoms with Crippen LogP contribution in [0.4, 0.5) is 0 Å². The minimum atomic E-state index is 0.775. The van der Waals surface area contributed by atoms with Gasteiger partial charge in [0.25, 0.3) is 0 Å². The molecule has 0 unspecified atom stereocenters. The minimum absolute atomic E-state index is 0.775. The van der Waals surface area contributed by atoms with Crippen LogP contribution in [0, 0.1) is 18.3 Å². The van der Waals surface area contributed by atoms with Crippen molar-refractivity contribution in [2.24, 2.45) is 0 Å². The van der Waals surface area contributed by atoms with Crippen LogP contribution in [0.3, 0.4) is 0 Å². The van der Waals surface area contributed by atoms with Gasteiger partial charge in [-0.3, -0.25) is 0 Å². The Hall–Kier alpha value is -1.29. The van der Waals surface area contributed by atoms with Crippen molar-refractivity contribution < 1.29 is 0 Å². The fraction of sp³-hybridized carbons (Fsp3) is 0.667. The molecule has 1 aromatic carbocycles. The fourth-order valence-corrected chi connectivity index (χ4v) is 1.73. The molecule has 0 aromatic heterocycles. The average Bonchev–Trinajstić information content (AvgIpc) is 2.59. The Morgan fingerprint density at radius 2 is 1.36 bits per heavy atom. The van der Waals surface area contributed by atoms with Crippen molar-refractivity contribution in [3.8, 4) is 6.07 Å². The fourth-order valence-electron chi connectivity index (χ4n) is 1.73. The molecule has 0 atom stereocenters. The maximum atomic E-state index is 8.73. The van der Waals surface area contributed by atoms with Crippen LogP contribution in [0.15, 0.2) is 18.2 Å². The van der Waals surface area contributed by atoms with Gasteiger partial charge >= 0.3 is 0 Å². The topological polar surface area (TPSA) is 23.8 Å². The molecule has 0 aliphatic heterocycles. The van der Waals surface area contributed by atoms with E-state index in [0.717, 1.165) is 12.0 Å². The summed E-state index contributed by atoms with van der Waals surface area (Å²) in [6.45, 7) is 16.7. The standard InChI is InChI=1S/C12H15N.C5H12.2C2H6/c1-3-4-5-12-8-11(9-13)7-6-10(12)2;1-3-5-4-2;2*1-2/h6-8H,3-5H2,1-2H3;3-5H2,1-2H3;2*1-2H3. The predicted molar refractivity (Wildman–Crippen MR) is 102 cm³/mol. The number of rotatable bonds is 5. The SMILES string of the molecule is CC.CC.CCCCC.CCCCc1cc(C#N)ccc1C. The molecular weight excluding hydrogens is 266 g/mol. The highest BCUT2D eigenvalue weighted by molar-refractivity contribution is 5.37. The molecule has 1 rings (SSSR count). The highest BCUT2D eigenvalue weighted by Crippen LogP contribution is 2.13. The second kappa shape index (κ2) is 22.0. The van der Waals surface area contributed by atoms with Crippen LogP contribution in [-0.2, 0) is 6.42 Å². The third kappa shape index (κ3) is 15.1. The van der Waals surface area contributed by atoms with Gasteiger partial charge < -0.3 is 0 Å². The van der Waals surface area contributed by atoms with E-state index in [1.54, 1.807) is 0 Å². The number of benzene rings is 1. The van der Waals surface area contributed by atoms with Gasteiger partial charge in [-0.25, -0.2) is 0 Å². The lowest BCUT2D eigenvalue weighted by Gasteiger charge is -2.04. The minimum Gasteiger partial charge on any atom is -0.192 e. The van der Waals surface area contributed by atoms with Gasteiger partial charge in [-0.2, -0.15) is 5.26 Å². The Labute approximate surface area is 140 Å². The lowest BCUT2D eigenvalue weighted by atomic mass is 10.0. The van der Waals surface area contributed by atoms with Gasteiger partial charge in [0.2, 0.25) is 0 Å². The molecule has 0 heterocycles. The van der Waals surface area contributed by atoms with Crippen molar-refractivity contribution in [1.29, 1.82) is 5.26 Å². The summed E-state index contributed by atoms with van der Waals surface area (Å²) < 4.78 is 0. The van der Waals surface area contributed by atoms with Gasteiger partial charge in [-0.1, -0.05) is 80.2 Å². The zero-order chi connectivity index (χ0) is 17.8. The van der Waals surface area contributed by atoms with E-state index in [9.17, 15) is 0 Å². The van der Waals surface area contributed by atoms with E-state index in [1.165, 1.54) is 43.2 Å². The first-order valence-electron chi connectivity index (χ1n) is 9.19. The molecule has 0 N–H and O–H groups in total. The van der Waals surface area contributed by atoms with Crippen molar-refractivity contribution in [2.75, 3.05) is 0 Å². The zero-order valence-corrected chi connectivity index (χ0v) is 16.4. The van der Waals surface area contributed by atoms with Gasteiger partial charge in [0.15, 0.2) is 0 Å². The average molecular weight is 306 g/mol. The number of unbranched alkanes of at least 4 members (excludes halogenated alkanes) is 3. The molecule has 128 valence electrons. The summed E-state index contributed by atoms with van der Waals surface area (Å²) in [6.07, 6.45) is 7.58. The molecule has 22 heavy (non-hydrogen) atoms. The molecule has 0 amide bonds. The molecule has 0 saturated carbocycles. The third-order valence-corrected chi connectivity index (χ3v) is 2.99. The third-order valence-electron chi connectivity index (χ3n) is 2.99. The number of nitrogens with zero attached hydrogens (tertiary/aromatic N) is 1. The highest BCUT2D eigenvalue weighted by Gasteiger charge is 1.99. The summed E-state index contributed by atoms with van der Waals surface area (Å²) in [5.41, 5.74) is 3.39. The molecule has 0 aliphatic carbocycles. The monoisotopic (exact) mass is 305 g/mol. The van der Waals surface area contributed by atoms with Crippen LogP contribution < -0.4 is 0 Å². The molecule has 0 aliphatic rings. The van der Waals surface area contributed by atoms with E-state index in [4.69, 9.17) is 5.26 Å². The van der Waals surface area contributed by atoms with Crippen molar-refractivity contribution >= 4 is 0 Å². The zero-order valence-electron chi connectivity index (χ0n) is 16.4. The summed E-state index contributed by atoms with van der Waals surface area (Å²) in [4.78, 5) is 0. The maximum absolute atomic E-state index is 8.73. The van der Waals surface area contributed by atoms with Gasteiger partial charge in [0, 0.05) is 0 Å². The second-order valence-corrected chi connectivity index (χ2v) is 4.71. The first-order valence-corrected chi connectivity index (χ1v) is 9.19. The number of hydrogen-bond acceptors (Lipinski definition) is 1. The summed E-state index contributed by atoms with van der Waals surface area (Å²) >= 11 is 0. The number of nitriles is 1. The lowest BCUT2D eigenvalue weighted by molar-refractivity contribution is 0.772. The molecular formula is C21H39N. The van der Waals surface area contributed by atoms with Crippen molar-refractivity contribution in [3.63, 3.8) is 0 Å². The summed E-state index contributed by atoms with van der Waals surface area (Å²) in [6, 6.07) is 8.09. The number of aryl methyl sites for hydroxylation is 2. The van der Waals surface area contributed by atoms with E-state index in [0.29, 0.717) is 0 Å². The van der Waals surface area contributed by atoms with Crippen molar-refractivity contribution in [2.45, 2.75) is 93.9 Å². The molecule has 0 saturated heterocycles. The first-order chi connectivity index (χ1) is 10.7. The van der Waals surface area contributed by atoms with Crippen LogP contribution in [0.5, 0.6) is 0 Å². The van der Waals surface area contributed by atoms with Crippen LogP contribution in [0.25, 0.3) is 0 Å². The smallest absolute Gasteiger partial charge is 0.0991 e. The van der Waals surface area contributed by atoms with E-state index < -0.39 is 0 Å². The van der Waals surface area contributed by atoms with Crippen LogP contribution in [-0.4, -0.2) is 0 Å². The summed E-state index contributed by atoms with van der Waals surface area (Å²) in [7, 11) is 0. The van der Waals surface area contributed by atoms with E-state index in [1.807, 2.05) is 45.9 Å². The predicted octanol–water partition coefficient (Wildman–Crippen LogP) is 7.46. The van der Waals surface area contributed by atoms with E-state index >= 15 is 0 Å². The van der Waals surface area contributed by atoms with Crippen LogP contribution in [0.2, 0.25) is 0 Å². The summed E-state index contributed by atoms with van der Waals surface area (Å²) in [5.74, 6) is 0. The molecule has 1 heteroatoms. The van der Waals surface area contributed by atoms with Crippen LogP contribution in [0.1, 0.15) is 97.3 Å².